The number of fused-ring (bicyclic) bond motifs is 2. The first-order chi connectivity index (χ1) is 22.3. The second kappa shape index (κ2) is 12.8. The second-order valence-electron chi connectivity index (χ2n) is 14.1. The van der Waals surface area contributed by atoms with E-state index in [0.717, 1.165) is 40.0 Å². The Morgan fingerprint density at radius 2 is 1.85 bits per heavy atom. The van der Waals surface area contributed by atoms with Gasteiger partial charge in [-0.1, -0.05) is 49.4 Å². The van der Waals surface area contributed by atoms with Gasteiger partial charge in [0.05, 0.1) is 29.4 Å². The van der Waals surface area contributed by atoms with Gasteiger partial charge in [-0.15, -0.1) is 0 Å². The molecule has 1 aliphatic heterocycles. The van der Waals surface area contributed by atoms with Gasteiger partial charge in [0, 0.05) is 26.6 Å². The molecule has 2 unspecified atom stereocenters. The third-order valence-electron chi connectivity index (χ3n) is 9.42. The van der Waals surface area contributed by atoms with Crippen LogP contribution < -0.4 is 5.56 Å². The monoisotopic (exact) mass is 657 g/mol. The number of likely N-dealkylation sites (tertiary alicyclic amines) is 1. The zero-order valence-electron chi connectivity index (χ0n) is 27.7. The standard InChI is InChI=1S/C36H43N5O5S/c1-23(24-9-7-6-8-10-24)19-29(42)40-17-15-36(45,16-18-40)21-41-22-37-30-31(33(41)43)38-47-32(30)26-11-13-27-25(20-26)12-14-28(27)39(5)34(44)46-35(2,3)4/h6-11,13,20,22-23,28,45H,12,14-19,21H2,1-5H3. The quantitative estimate of drug-likeness (QED) is 0.262. The number of aliphatic hydroxyl groups is 1. The molecular formula is C36H43N5O5S. The largest absolute Gasteiger partial charge is 0.444 e. The third-order valence-corrected chi connectivity index (χ3v) is 10.3. The van der Waals surface area contributed by atoms with Crippen LogP contribution >= 0.6 is 11.5 Å². The molecule has 2 aromatic carbocycles. The molecule has 10 nitrogen and oxygen atoms in total. The van der Waals surface area contributed by atoms with Gasteiger partial charge in [-0.05, 0) is 92.2 Å². The highest BCUT2D eigenvalue weighted by molar-refractivity contribution is 7.11. The maximum absolute atomic E-state index is 13.5. The van der Waals surface area contributed by atoms with Crippen LogP contribution in [0.25, 0.3) is 21.5 Å². The number of amides is 2. The molecule has 0 saturated carbocycles. The van der Waals surface area contributed by atoms with Crippen molar-refractivity contribution in [2.75, 3.05) is 20.1 Å². The SMILES string of the molecule is CC(CC(=O)N1CCC(O)(Cn2cnc3c(-c4ccc5c(c4)CCC5N(C)C(=O)OC(C)(C)C)snc3c2=O)CC1)c1ccccc1. The number of hydrogen-bond donors (Lipinski definition) is 1. The highest BCUT2D eigenvalue weighted by Crippen LogP contribution is 2.39. The molecule has 6 rings (SSSR count). The molecule has 0 radical (unpaired) electrons. The number of hydrogen-bond acceptors (Lipinski definition) is 8. The van der Waals surface area contributed by atoms with Gasteiger partial charge in [0.25, 0.3) is 5.56 Å². The van der Waals surface area contributed by atoms with E-state index in [-0.39, 0.29) is 41.6 Å². The van der Waals surface area contributed by atoms with Crippen molar-refractivity contribution in [2.45, 2.75) is 89.5 Å². The van der Waals surface area contributed by atoms with Gasteiger partial charge in [0.15, 0.2) is 5.52 Å². The van der Waals surface area contributed by atoms with Crippen LogP contribution in [-0.2, 0) is 22.5 Å². The predicted molar refractivity (Wildman–Crippen MR) is 182 cm³/mol. The first-order valence-corrected chi connectivity index (χ1v) is 17.1. The Hall–Kier alpha value is -4.09. The number of ether oxygens (including phenoxy) is 1. The molecule has 1 saturated heterocycles. The van der Waals surface area contributed by atoms with E-state index in [1.165, 1.54) is 22.4 Å². The van der Waals surface area contributed by atoms with Crippen LogP contribution in [0.1, 0.15) is 82.0 Å². The summed E-state index contributed by atoms with van der Waals surface area (Å²) in [4.78, 5) is 48.2. The maximum atomic E-state index is 13.5. The Labute approximate surface area is 279 Å². The topological polar surface area (TPSA) is 118 Å². The van der Waals surface area contributed by atoms with Gasteiger partial charge in [0.1, 0.15) is 11.1 Å². The van der Waals surface area contributed by atoms with Crippen molar-refractivity contribution in [3.05, 3.63) is 81.9 Å². The minimum atomic E-state index is -1.12. The van der Waals surface area contributed by atoms with Gasteiger partial charge < -0.3 is 19.6 Å². The summed E-state index contributed by atoms with van der Waals surface area (Å²) in [5, 5.41) is 11.4. The van der Waals surface area contributed by atoms with E-state index in [0.29, 0.717) is 37.9 Å². The molecule has 2 atom stereocenters. The molecule has 0 bridgehead atoms. The molecule has 0 spiro atoms. The number of benzene rings is 2. The summed E-state index contributed by atoms with van der Waals surface area (Å²) in [5.41, 5.74) is 3.15. The van der Waals surface area contributed by atoms with Gasteiger partial charge in [0.2, 0.25) is 5.91 Å². The first-order valence-electron chi connectivity index (χ1n) is 16.3. The molecule has 47 heavy (non-hydrogen) atoms. The lowest BCUT2D eigenvalue weighted by Gasteiger charge is -2.38. The van der Waals surface area contributed by atoms with Crippen LogP contribution in [0.3, 0.4) is 0 Å². The van der Waals surface area contributed by atoms with Crippen molar-refractivity contribution in [2.24, 2.45) is 0 Å². The molecule has 2 aliphatic rings. The number of aromatic nitrogens is 3. The summed E-state index contributed by atoms with van der Waals surface area (Å²) >= 11 is 1.24. The molecular weight excluding hydrogens is 614 g/mol. The lowest BCUT2D eigenvalue weighted by Crippen LogP contribution is -2.49. The third kappa shape index (κ3) is 6.96. The molecule has 2 aromatic heterocycles. The van der Waals surface area contributed by atoms with Gasteiger partial charge in [-0.25, -0.2) is 9.78 Å². The zero-order chi connectivity index (χ0) is 33.5. The van der Waals surface area contributed by atoms with Crippen LogP contribution in [0.4, 0.5) is 4.79 Å². The molecule has 4 aromatic rings. The lowest BCUT2D eigenvalue weighted by atomic mass is 9.90. The van der Waals surface area contributed by atoms with Crippen LogP contribution in [-0.4, -0.2) is 72.2 Å². The van der Waals surface area contributed by atoms with E-state index in [9.17, 15) is 19.5 Å². The minimum absolute atomic E-state index is 0.0638. The van der Waals surface area contributed by atoms with Crippen molar-refractivity contribution in [1.82, 2.24) is 23.7 Å². The van der Waals surface area contributed by atoms with Crippen LogP contribution in [0.15, 0.2) is 59.7 Å². The Morgan fingerprint density at radius 1 is 1.13 bits per heavy atom. The number of carbonyl (C=O) groups excluding carboxylic acids is 2. The van der Waals surface area contributed by atoms with Crippen molar-refractivity contribution in [1.29, 1.82) is 0 Å². The van der Waals surface area contributed by atoms with E-state index in [2.05, 4.69) is 22.3 Å². The van der Waals surface area contributed by atoms with Gasteiger partial charge >= 0.3 is 6.09 Å². The highest BCUT2D eigenvalue weighted by Gasteiger charge is 2.36. The van der Waals surface area contributed by atoms with Crippen molar-refractivity contribution < 1.29 is 19.4 Å². The molecule has 1 N–H and O–H groups in total. The predicted octanol–water partition coefficient (Wildman–Crippen LogP) is 5.92. The van der Waals surface area contributed by atoms with Crippen molar-refractivity contribution >= 4 is 34.6 Å². The summed E-state index contributed by atoms with van der Waals surface area (Å²) < 4.78 is 11.5. The molecule has 248 valence electrons. The molecule has 2 amide bonds. The van der Waals surface area contributed by atoms with Crippen LogP contribution in [0, 0.1) is 0 Å². The lowest BCUT2D eigenvalue weighted by molar-refractivity contribution is -0.136. The summed E-state index contributed by atoms with van der Waals surface area (Å²) in [7, 11) is 1.78. The normalized spacial score (nSPS) is 18.2. The van der Waals surface area contributed by atoms with Crippen LogP contribution in [0.5, 0.6) is 0 Å². The van der Waals surface area contributed by atoms with Crippen molar-refractivity contribution in [3.63, 3.8) is 0 Å². The Kier molecular flexibility index (Phi) is 8.97. The highest BCUT2D eigenvalue weighted by atomic mass is 32.1. The smallest absolute Gasteiger partial charge is 0.410 e. The summed E-state index contributed by atoms with van der Waals surface area (Å²) in [5.74, 6) is 0.194. The van der Waals surface area contributed by atoms with E-state index in [1.807, 2.05) is 68.1 Å². The number of piperidine rings is 1. The Morgan fingerprint density at radius 3 is 2.55 bits per heavy atom. The fourth-order valence-corrected chi connectivity index (χ4v) is 7.52. The second-order valence-corrected chi connectivity index (χ2v) is 14.8. The van der Waals surface area contributed by atoms with E-state index in [4.69, 9.17) is 4.74 Å². The molecule has 3 heterocycles. The number of aryl methyl sites for hydroxylation is 1. The average molecular weight is 658 g/mol. The van der Waals surface area contributed by atoms with Gasteiger partial charge in [-0.2, -0.15) is 4.37 Å². The molecule has 1 fully saturated rings. The fourth-order valence-electron chi connectivity index (χ4n) is 6.70. The first kappa shape index (κ1) is 32.8. The zero-order valence-corrected chi connectivity index (χ0v) is 28.5. The van der Waals surface area contributed by atoms with Crippen molar-refractivity contribution in [3.8, 4) is 10.4 Å². The Bertz CT molecular complexity index is 1840. The average Bonchev–Trinajstić information content (AvgIpc) is 3.66. The number of rotatable bonds is 7. The van der Waals surface area contributed by atoms with E-state index < -0.39 is 11.2 Å². The minimum Gasteiger partial charge on any atom is -0.444 e. The molecule has 11 heteroatoms. The number of nitrogens with zero attached hydrogens (tertiary/aromatic N) is 5. The van der Waals surface area contributed by atoms with E-state index >= 15 is 0 Å². The van der Waals surface area contributed by atoms with E-state index in [1.54, 1.807) is 11.9 Å². The van der Waals surface area contributed by atoms with Crippen LogP contribution in [0.2, 0.25) is 0 Å². The summed E-state index contributed by atoms with van der Waals surface area (Å²) in [6.07, 6.45) is 3.97. The Balaban J connectivity index is 1.12. The number of carbonyl (C=O) groups is 2. The van der Waals surface area contributed by atoms with Gasteiger partial charge in [-0.3, -0.25) is 14.2 Å². The molecule has 1 aliphatic carbocycles. The summed E-state index contributed by atoms with van der Waals surface area (Å²) in [6, 6.07) is 16.1. The summed E-state index contributed by atoms with van der Waals surface area (Å²) in [6.45, 7) is 8.61. The fraction of sp³-hybridized carbons (Fsp3) is 0.472. The maximum Gasteiger partial charge on any atom is 0.410 e.